The number of aromatic nitrogens is 2. The number of imidazole rings is 1. The first kappa shape index (κ1) is 10.1. The predicted octanol–water partition coefficient (Wildman–Crippen LogP) is 2.37. The molecule has 0 aromatic carbocycles. The number of aryl methyl sites for hydroxylation is 1. The summed E-state index contributed by atoms with van der Waals surface area (Å²) in [5, 5.41) is 3.98. The normalized spacial score (nSPS) is 20.8. The second-order valence-corrected chi connectivity index (χ2v) is 4.77. The van der Waals surface area contributed by atoms with Crippen LogP contribution in [0.1, 0.15) is 23.7 Å². The van der Waals surface area contributed by atoms with Crippen molar-refractivity contribution in [1.29, 1.82) is 0 Å². The van der Waals surface area contributed by atoms with Crippen LogP contribution < -0.4 is 5.32 Å². The maximum absolute atomic E-state index is 6.16. The van der Waals surface area contributed by atoms with Gasteiger partial charge in [0.25, 0.3) is 0 Å². The molecule has 1 aliphatic rings. The summed E-state index contributed by atoms with van der Waals surface area (Å²) in [4.78, 5) is 4.50. The zero-order valence-electron chi connectivity index (χ0n) is 9.20. The van der Waals surface area contributed by atoms with Crippen molar-refractivity contribution >= 4 is 17.1 Å². The number of halogens is 1. The van der Waals surface area contributed by atoms with Crippen LogP contribution in [0.3, 0.4) is 0 Å². The highest BCUT2D eigenvalue weighted by Gasteiger charge is 2.22. The fourth-order valence-corrected chi connectivity index (χ4v) is 2.58. The third kappa shape index (κ3) is 1.51. The van der Waals surface area contributed by atoms with E-state index < -0.39 is 0 Å². The van der Waals surface area contributed by atoms with Crippen molar-refractivity contribution in [1.82, 2.24) is 14.7 Å². The van der Waals surface area contributed by atoms with Gasteiger partial charge in [0.15, 0.2) is 5.15 Å². The van der Waals surface area contributed by atoms with Gasteiger partial charge in [-0.2, -0.15) is 0 Å². The van der Waals surface area contributed by atoms with Crippen molar-refractivity contribution in [3.05, 3.63) is 34.9 Å². The van der Waals surface area contributed by atoms with Gasteiger partial charge in [0, 0.05) is 18.7 Å². The Kier molecular flexibility index (Phi) is 2.37. The molecule has 4 heteroatoms. The molecule has 1 atom stereocenters. The molecular weight excluding hydrogens is 222 g/mol. The van der Waals surface area contributed by atoms with Crippen LogP contribution in [-0.4, -0.2) is 22.5 Å². The monoisotopic (exact) mass is 235 g/mol. The van der Waals surface area contributed by atoms with E-state index >= 15 is 0 Å². The van der Waals surface area contributed by atoms with Gasteiger partial charge in [-0.3, -0.25) is 0 Å². The molecule has 1 unspecified atom stereocenters. The molecule has 1 aliphatic heterocycles. The summed E-state index contributed by atoms with van der Waals surface area (Å²) in [6.45, 7) is 4.16. The first-order valence-electron chi connectivity index (χ1n) is 5.60. The molecule has 1 saturated heterocycles. The molecule has 0 saturated carbocycles. The Bertz CT molecular complexity index is 526. The Morgan fingerprint density at radius 1 is 1.50 bits per heavy atom. The van der Waals surface area contributed by atoms with E-state index in [2.05, 4.69) is 33.9 Å². The average Bonchev–Trinajstić information content (AvgIpc) is 2.86. The van der Waals surface area contributed by atoms with Crippen LogP contribution in [0.4, 0.5) is 0 Å². The first-order valence-corrected chi connectivity index (χ1v) is 5.98. The Labute approximate surface area is 99.4 Å². The van der Waals surface area contributed by atoms with E-state index in [9.17, 15) is 0 Å². The molecule has 16 heavy (non-hydrogen) atoms. The number of hydrogen-bond acceptors (Lipinski definition) is 2. The minimum Gasteiger partial charge on any atom is -0.316 e. The standard InChI is InChI=1S/C12H14ClN3/c1-8-2-3-10-11(13)15-12(16(10)7-8)9-4-5-14-6-9/h2-3,7,9,14H,4-6H2,1H3. The fraction of sp³-hybridized carbons (Fsp3) is 0.417. The van der Waals surface area contributed by atoms with Gasteiger partial charge in [0.1, 0.15) is 5.82 Å². The van der Waals surface area contributed by atoms with E-state index in [1.807, 2.05) is 6.07 Å². The van der Waals surface area contributed by atoms with Crippen molar-refractivity contribution in [3.63, 3.8) is 0 Å². The molecule has 1 N–H and O–H groups in total. The molecule has 84 valence electrons. The number of hydrogen-bond donors (Lipinski definition) is 1. The lowest BCUT2D eigenvalue weighted by atomic mass is 10.1. The number of pyridine rings is 1. The Balaban J connectivity index is 2.19. The molecule has 2 aromatic rings. The third-order valence-corrected chi connectivity index (χ3v) is 3.47. The van der Waals surface area contributed by atoms with Gasteiger partial charge in [-0.1, -0.05) is 17.7 Å². The van der Waals surface area contributed by atoms with E-state index in [0.29, 0.717) is 11.1 Å². The highest BCUT2D eigenvalue weighted by atomic mass is 35.5. The molecule has 3 rings (SSSR count). The lowest BCUT2D eigenvalue weighted by Crippen LogP contribution is -2.10. The molecular formula is C12H14ClN3. The number of rotatable bonds is 1. The Morgan fingerprint density at radius 2 is 2.38 bits per heavy atom. The summed E-state index contributed by atoms with van der Waals surface area (Å²) < 4.78 is 2.13. The molecule has 2 aromatic heterocycles. The summed E-state index contributed by atoms with van der Waals surface area (Å²) in [5.74, 6) is 1.58. The fourth-order valence-electron chi connectivity index (χ4n) is 2.34. The molecule has 0 amide bonds. The van der Waals surface area contributed by atoms with Gasteiger partial charge < -0.3 is 9.72 Å². The lowest BCUT2D eigenvalue weighted by molar-refractivity contribution is 0.698. The van der Waals surface area contributed by atoms with Gasteiger partial charge in [0.2, 0.25) is 0 Å². The van der Waals surface area contributed by atoms with Crippen LogP contribution in [0.5, 0.6) is 0 Å². The van der Waals surface area contributed by atoms with Crippen molar-refractivity contribution in [2.45, 2.75) is 19.3 Å². The molecule has 0 bridgehead atoms. The summed E-state index contributed by atoms with van der Waals surface area (Å²) in [6.07, 6.45) is 3.26. The SMILES string of the molecule is Cc1ccc2c(Cl)nc(C3CCNC3)n2c1. The van der Waals surface area contributed by atoms with Gasteiger partial charge in [0.05, 0.1) is 5.52 Å². The van der Waals surface area contributed by atoms with Crippen molar-refractivity contribution in [2.75, 3.05) is 13.1 Å². The highest BCUT2D eigenvalue weighted by molar-refractivity contribution is 6.32. The predicted molar refractivity (Wildman–Crippen MR) is 65.2 cm³/mol. The molecule has 0 spiro atoms. The van der Waals surface area contributed by atoms with Crippen LogP contribution in [0, 0.1) is 6.92 Å². The number of nitrogens with one attached hydrogen (secondary N) is 1. The van der Waals surface area contributed by atoms with Crippen LogP contribution in [0.15, 0.2) is 18.3 Å². The Morgan fingerprint density at radius 3 is 3.12 bits per heavy atom. The largest absolute Gasteiger partial charge is 0.316 e. The summed E-state index contributed by atoms with van der Waals surface area (Å²) >= 11 is 6.16. The zero-order chi connectivity index (χ0) is 11.1. The smallest absolute Gasteiger partial charge is 0.155 e. The van der Waals surface area contributed by atoms with E-state index in [1.165, 1.54) is 5.56 Å². The minimum absolute atomic E-state index is 0.488. The van der Waals surface area contributed by atoms with Gasteiger partial charge >= 0.3 is 0 Å². The molecule has 3 nitrogen and oxygen atoms in total. The van der Waals surface area contributed by atoms with Crippen LogP contribution in [0.2, 0.25) is 5.15 Å². The summed E-state index contributed by atoms with van der Waals surface area (Å²) in [6, 6.07) is 4.11. The second kappa shape index (κ2) is 3.75. The maximum atomic E-state index is 6.16. The van der Waals surface area contributed by atoms with Gasteiger partial charge in [-0.15, -0.1) is 0 Å². The third-order valence-electron chi connectivity index (χ3n) is 3.19. The van der Waals surface area contributed by atoms with E-state index in [4.69, 9.17) is 11.6 Å². The minimum atomic E-state index is 0.488. The Hall–Kier alpha value is -1.06. The summed E-state index contributed by atoms with van der Waals surface area (Å²) in [7, 11) is 0. The van der Waals surface area contributed by atoms with E-state index in [-0.39, 0.29) is 0 Å². The molecule has 0 aliphatic carbocycles. The van der Waals surface area contributed by atoms with Gasteiger partial charge in [-0.25, -0.2) is 4.98 Å². The van der Waals surface area contributed by atoms with Crippen LogP contribution in [-0.2, 0) is 0 Å². The topological polar surface area (TPSA) is 29.3 Å². The first-order chi connectivity index (χ1) is 7.75. The lowest BCUT2D eigenvalue weighted by Gasteiger charge is -2.07. The number of fused-ring (bicyclic) bond motifs is 1. The van der Waals surface area contributed by atoms with Crippen molar-refractivity contribution < 1.29 is 0 Å². The molecule has 1 fully saturated rings. The van der Waals surface area contributed by atoms with Crippen molar-refractivity contribution in [2.24, 2.45) is 0 Å². The highest BCUT2D eigenvalue weighted by Crippen LogP contribution is 2.27. The zero-order valence-corrected chi connectivity index (χ0v) is 9.96. The quantitative estimate of drug-likeness (QED) is 0.823. The maximum Gasteiger partial charge on any atom is 0.155 e. The van der Waals surface area contributed by atoms with E-state index in [0.717, 1.165) is 30.9 Å². The average molecular weight is 236 g/mol. The van der Waals surface area contributed by atoms with E-state index in [1.54, 1.807) is 0 Å². The van der Waals surface area contributed by atoms with Crippen LogP contribution >= 0.6 is 11.6 Å². The van der Waals surface area contributed by atoms with Crippen LogP contribution in [0.25, 0.3) is 5.52 Å². The molecule has 0 radical (unpaired) electrons. The van der Waals surface area contributed by atoms with Gasteiger partial charge in [-0.05, 0) is 31.5 Å². The second-order valence-electron chi connectivity index (χ2n) is 4.41. The van der Waals surface area contributed by atoms with Crippen molar-refractivity contribution in [3.8, 4) is 0 Å². The molecule has 3 heterocycles. The number of nitrogens with zero attached hydrogens (tertiary/aromatic N) is 2. The summed E-state index contributed by atoms with van der Waals surface area (Å²) in [5.41, 5.74) is 2.24.